The fourth-order valence-corrected chi connectivity index (χ4v) is 1.05. The summed E-state index contributed by atoms with van der Waals surface area (Å²) in [6.07, 6.45) is 0. The number of methoxy groups -OCH3 is 1. The first-order valence-corrected chi connectivity index (χ1v) is 3.52. The van der Waals surface area contributed by atoms with E-state index in [9.17, 15) is 0 Å². The van der Waals surface area contributed by atoms with Gasteiger partial charge in [0.1, 0.15) is 5.75 Å². The number of hydrogen-bond donors (Lipinski definition) is 2. The molecule has 0 amide bonds. The van der Waals surface area contributed by atoms with Crippen LogP contribution >= 0.6 is 11.6 Å². The molecule has 0 atom stereocenters. The van der Waals surface area contributed by atoms with E-state index in [1.54, 1.807) is 0 Å². The molecule has 12 heavy (non-hydrogen) atoms. The molecular formula is C7H8BClO3. The van der Waals surface area contributed by atoms with E-state index in [-0.39, 0.29) is 16.2 Å². The fourth-order valence-electron chi connectivity index (χ4n) is 0.781. The smallest absolute Gasteiger partial charge is 0.489 e. The highest BCUT2D eigenvalue weighted by molar-refractivity contribution is 6.62. The van der Waals surface area contributed by atoms with Crippen molar-refractivity contribution in [3.63, 3.8) is 0 Å². The van der Waals surface area contributed by atoms with Crippen LogP contribution < -0.4 is 10.2 Å². The molecule has 0 bridgehead atoms. The van der Waals surface area contributed by atoms with Gasteiger partial charge in [0.2, 0.25) is 0 Å². The molecular weight excluding hydrogens is 178 g/mol. The van der Waals surface area contributed by atoms with Crippen molar-refractivity contribution in [2.24, 2.45) is 0 Å². The highest BCUT2D eigenvalue weighted by Gasteiger charge is 2.14. The Balaban J connectivity index is 2.92. The molecule has 0 aromatic heterocycles. The van der Waals surface area contributed by atoms with Crippen molar-refractivity contribution in [3.8, 4) is 5.75 Å². The van der Waals surface area contributed by atoms with Crippen molar-refractivity contribution < 1.29 is 18.9 Å². The highest BCUT2D eigenvalue weighted by atomic mass is 35.5. The summed E-state index contributed by atoms with van der Waals surface area (Å²) >= 11 is 5.67. The first-order valence-electron chi connectivity index (χ1n) is 4.64. The number of ether oxygens (including phenoxy) is 1. The molecule has 1 aromatic carbocycles. The lowest BCUT2D eigenvalue weighted by atomic mass is 9.80. The van der Waals surface area contributed by atoms with E-state index < -0.39 is 14.2 Å². The van der Waals surface area contributed by atoms with Crippen LogP contribution in [0.2, 0.25) is 5.02 Å². The van der Waals surface area contributed by atoms with Crippen LogP contribution in [0.4, 0.5) is 0 Å². The molecule has 0 unspecified atom stereocenters. The molecule has 5 heteroatoms. The van der Waals surface area contributed by atoms with E-state index in [4.69, 9.17) is 25.8 Å². The molecule has 3 nitrogen and oxygen atoms in total. The largest absolute Gasteiger partial charge is 0.497 e. The number of benzene rings is 1. The number of hydrogen-bond acceptors (Lipinski definition) is 3. The van der Waals surface area contributed by atoms with Gasteiger partial charge in [-0.15, -0.1) is 0 Å². The van der Waals surface area contributed by atoms with Crippen LogP contribution in [0.1, 0.15) is 4.11 Å². The monoisotopic (exact) mass is 189 g/mol. The predicted molar refractivity (Wildman–Crippen MR) is 47.8 cm³/mol. The van der Waals surface area contributed by atoms with Crippen molar-refractivity contribution in [1.29, 1.82) is 0 Å². The lowest BCUT2D eigenvalue weighted by Gasteiger charge is -2.04. The Morgan fingerprint density at radius 2 is 2.33 bits per heavy atom. The standard InChI is InChI=1S/C7H8BClO3/c1-12-5-2-3-6(8(10)11)7(9)4-5/h2-4,10-11H,1H3/i1D3. The van der Waals surface area contributed by atoms with Crippen LogP contribution in [0.25, 0.3) is 0 Å². The van der Waals surface area contributed by atoms with Crippen LogP contribution in [0.15, 0.2) is 18.2 Å². The summed E-state index contributed by atoms with van der Waals surface area (Å²) in [5.41, 5.74) is 0.0922. The normalized spacial score (nSPS) is 14.4. The lowest BCUT2D eigenvalue weighted by molar-refractivity contribution is 0.414. The minimum atomic E-state index is -2.55. The van der Waals surface area contributed by atoms with Crippen molar-refractivity contribution in [2.45, 2.75) is 0 Å². The van der Waals surface area contributed by atoms with Gasteiger partial charge in [0.05, 0.1) is 11.2 Å². The van der Waals surface area contributed by atoms with Gasteiger partial charge in [-0.3, -0.25) is 0 Å². The summed E-state index contributed by atoms with van der Waals surface area (Å²) in [4.78, 5) is 0. The second-order valence-electron chi connectivity index (χ2n) is 2.16. The molecule has 0 heterocycles. The van der Waals surface area contributed by atoms with Crippen molar-refractivity contribution in [1.82, 2.24) is 0 Å². The molecule has 0 radical (unpaired) electrons. The molecule has 0 aliphatic rings. The maximum atomic E-state index is 8.85. The molecule has 0 aliphatic heterocycles. The van der Waals surface area contributed by atoms with E-state index in [2.05, 4.69) is 4.74 Å². The maximum Gasteiger partial charge on any atom is 0.489 e. The Bertz CT molecular complexity index is 356. The van der Waals surface area contributed by atoms with Gasteiger partial charge in [-0.1, -0.05) is 17.7 Å². The first kappa shape index (κ1) is 5.86. The second kappa shape index (κ2) is 3.80. The Hall–Kier alpha value is -0.705. The minimum Gasteiger partial charge on any atom is -0.497 e. The van der Waals surface area contributed by atoms with Crippen LogP contribution in [0.3, 0.4) is 0 Å². The minimum absolute atomic E-state index is 0.0340. The maximum absolute atomic E-state index is 8.85. The van der Waals surface area contributed by atoms with Gasteiger partial charge < -0.3 is 14.8 Å². The first-order chi connectivity index (χ1) is 6.79. The SMILES string of the molecule is [2H]C([2H])([2H])Oc1ccc(B(O)O)c(Cl)c1. The van der Waals surface area contributed by atoms with Gasteiger partial charge >= 0.3 is 7.12 Å². The third kappa shape index (κ3) is 1.91. The molecule has 1 aromatic rings. The second-order valence-corrected chi connectivity index (χ2v) is 2.57. The van der Waals surface area contributed by atoms with Crippen LogP contribution in [0.5, 0.6) is 5.75 Å². The van der Waals surface area contributed by atoms with Crippen LogP contribution in [-0.4, -0.2) is 24.2 Å². The zero-order valence-electron chi connectivity index (χ0n) is 8.99. The zero-order valence-corrected chi connectivity index (χ0v) is 6.75. The van der Waals surface area contributed by atoms with Gasteiger partial charge in [-0.25, -0.2) is 0 Å². The topological polar surface area (TPSA) is 49.7 Å². The Kier molecular flexibility index (Phi) is 1.86. The van der Waals surface area contributed by atoms with Gasteiger partial charge in [-0.05, 0) is 12.1 Å². The van der Waals surface area contributed by atoms with Crippen molar-refractivity contribution in [3.05, 3.63) is 23.2 Å². The van der Waals surface area contributed by atoms with E-state index in [0.717, 1.165) is 0 Å². The highest BCUT2D eigenvalue weighted by Crippen LogP contribution is 2.15. The molecule has 64 valence electrons. The van der Waals surface area contributed by atoms with Gasteiger partial charge in [-0.2, -0.15) is 0 Å². The third-order valence-corrected chi connectivity index (χ3v) is 1.70. The average molecular weight is 189 g/mol. The fraction of sp³-hybridized carbons (Fsp3) is 0.143. The molecule has 0 saturated carbocycles. The summed E-state index contributed by atoms with van der Waals surface area (Å²) < 4.78 is 25.1. The van der Waals surface area contributed by atoms with Gasteiger partial charge in [0.25, 0.3) is 0 Å². The van der Waals surface area contributed by atoms with Crippen LogP contribution in [-0.2, 0) is 0 Å². The van der Waals surface area contributed by atoms with E-state index in [1.165, 1.54) is 18.2 Å². The summed E-state index contributed by atoms with van der Waals surface area (Å²) in [6, 6.07) is 3.80. The molecule has 0 spiro atoms. The average Bonchev–Trinajstić information content (AvgIpc) is 1.99. The molecule has 0 aliphatic carbocycles. The van der Waals surface area contributed by atoms with Gasteiger partial charge in [0.15, 0.2) is 0 Å². The summed E-state index contributed by atoms with van der Waals surface area (Å²) in [5, 5.41) is 17.7. The van der Waals surface area contributed by atoms with E-state index in [1.807, 2.05) is 0 Å². The molecule has 1 rings (SSSR count). The number of rotatable bonds is 2. The van der Waals surface area contributed by atoms with E-state index >= 15 is 0 Å². The van der Waals surface area contributed by atoms with Crippen molar-refractivity contribution >= 4 is 24.2 Å². The summed E-state index contributed by atoms with van der Waals surface area (Å²) in [7, 11) is -4.25. The quantitative estimate of drug-likeness (QED) is 0.645. The Morgan fingerprint density at radius 3 is 2.83 bits per heavy atom. The lowest BCUT2D eigenvalue weighted by Crippen LogP contribution is -2.30. The molecule has 0 saturated heterocycles. The molecule has 2 N–H and O–H groups in total. The van der Waals surface area contributed by atoms with Crippen molar-refractivity contribution in [2.75, 3.05) is 7.04 Å². The Labute approximate surface area is 79.9 Å². The van der Waals surface area contributed by atoms with E-state index in [0.29, 0.717) is 0 Å². The summed E-state index contributed by atoms with van der Waals surface area (Å²) in [6.45, 7) is 0. The predicted octanol–water partition coefficient (Wildman–Crippen LogP) is 0.0284. The summed E-state index contributed by atoms with van der Waals surface area (Å²) in [5.74, 6) is 0.0457. The van der Waals surface area contributed by atoms with Crippen LogP contribution in [0, 0.1) is 0 Å². The molecule has 0 fully saturated rings. The third-order valence-electron chi connectivity index (χ3n) is 1.37. The van der Waals surface area contributed by atoms with Gasteiger partial charge in [0, 0.05) is 10.5 Å². The number of halogens is 1. The Morgan fingerprint density at radius 1 is 1.58 bits per heavy atom. The zero-order chi connectivity index (χ0) is 11.6.